The first-order chi connectivity index (χ1) is 11.6. The lowest BCUT2D eigenvalue weighted by atomic mass is 9.76. The Bertz CT molecular complexity index is 841. The van der Waals surface area contributed by atoms with Crippen molar-refractivity contribution in [1.29, 1.82) is 0 Å². The molecule has 4 rings (SSSR count). The van der Waals surface area contributed by atoms with Crippen molar-refractivity contribution in [2.45, 2.75) is 25.3 Å². The zero-order valence-corrected chi connectivity index (χ0v) is 14.0. The summed E-state index contributed by atoms with van der Waals surface area (Å²) >= 11 is 6.03. The highest BCUT2D eigenvalue weighted by molar-refractivity contribution is 6.30. The minimum Gasteiger partial charge on any atom is -0.478 e. The van der Waals surface area contributed by atoms with Crippen LogP contribution in [-0.4, -0.2) is 11.1 Å². The molecule has 0 unspecified atom stereocenters. The van der Waals surface area contributed by atoms with E-state index in [9.17, 15) is 9.90 Å². The van der Waals surface area contributed by atoms with Crippen LogP contribution < -0.4 is 5.32 Å². The maximum atomic E-state index is 11.5. The number of nitrogens with one attached hydrogen (secondary N) is 1. The molecule has 0 saturated carbocycles. The van der Waals surface area contributed by atoms with Gasteiger partial charge in [0, 0.05) is 16.6 Å². The minimum absolute atomic E-state index is 0.150. The smallest absolute Gasteiger partial charge is 0.336 e. The molecule has 0 spiro atoms. The maximum absolute atomic E-state index is 11.5. The summed E-state index contributed by atoms with van der Waals surface area (Å²) in [5.74, 6) is -0.124. The van der Waals surface area contributed by atoms with Crippen molar-refractivity contribution in [2.24, 2.45) is 5.92 Å². The maximum Gasteiger partial charge on any atom is 0.336 e. The first-order valence-corrected chi connectivity index (χ1v) is 8.49. The van der Waals surface area contributed by atoms with Crippen LogP contribution >= 0.6 is 11.6 Å². The molecule has 0 bridgehead atoms. The Kier molecular flexibility index (Phi) is 3.61. The summed E-state index contributed by atoms with van der Waals surface area (Å²) in [6.45, 7) is 1.88. The van der Waals surface area contributed by atoms with Crippen LogP contribution in [0.15, 0.2) is 48.6 Å². The summed E-state index contributed by atoms with van der Waals surface area (Å²) in [5.41, 5.74) is 4.50. The Morgan fingerprint density at radius 1 is 1.21 bits per heavy atom. The quantitative estimate of drug-likeness (QED) is 0.742. The van der Waals surface area contributed by atoms with Gasteiger partial charge in [-0.3, -0.25) is 0 Å². The van der Waals surface area contributed by atoms with Gasteiger partial charge in [0.25, 0.3) is 0 Å². The largest absolute Gasteiger partial charge is 0.478 e. The lowest BCUT2D eigenvalue weighted by Gasteiger charge is -2.38. The van der Waals surface area contributed by atoms with Crippen molar-refractivity contribution < 1.29 is 9.90 Å². The summed E-state index contributed by atoms with van der Waals surface area (Å²) in [4.78, 5) is 11.5. The number of rotatable bonds is 2. The predicted molar refractivity (Wildman–Crippen MR) is 95.9 cm³/mol. The highest BCUT2D eigenvalue weighted by Crippen LogP contribution is 2.51. The number of aromatic carboxylic acids is 1. The van der Waals surface area contributed by atoms with Crippen LogP contribution in [0.1, 0.15) is 45.4 Å². The number of hydrogen-bond donors (Lipinski definition) is 2. The molecule has 3 atom stereocenters. The highest BCUT2D eigenvalue weighted by Gasteiger charge is 2.38. The van der Waals surface area contributed by atoms with Gasteiger partial charge in [0.2, 0.25) is 0 Å². The van der Waals surface area contributed by atoms with Gasteiger partial charge in [0.1, 0.15) is 0 Å². The molecule has 2 aliphatic rings. The number of anilines is 1. The van der Waals surface area contributed by atoms with E-state index in [0.717, 1.165) is 22.7 Å². The number of allylic oxidation sites excluding steroid dienone is 2. The second kappa shape index (κ2) is 5.67. The fourth-order valence-corrected chi connectivity index (χ4v) is 4.17. The molecule has 2 N–H and O–H groups in total. The number of carboxylic acids is 1. The van der Waals surface area contributed by atoms with Crippen molar-refractivity contribution in [2.75, 3.05) is 5.32 Å². The third-order valence-corrected chi connectivity index (χ3v) is 5.51. The molecule has 0 aromatic heterocycles. The van der Waals surface area contributed by atoms with Gasteiger partial charge in [-0.1, -0.05) is 42.0 Å². The fourth-order valence-electron chi connectivity index (χ4n) is 4.05. The van der Waals surface area contributed by atoms with Crippen LogP contribution in [0.5, 0.6) is 0 Å². The van der Waals surface area contributed by atoms with Crippen LogP contribution in [0.4, 0.5) is 5.69 Å². The molecular weight excluding hydrogens is 322 g/mol. The highest BCUT2D eigenvalue weighted by atomic mass is 35.5. The van der Waals surface area contributed by atoms with Crippen molar-refractivity contribution >= 4 is 23.3 Å². The van der Waals surface area contributed by atoms with Gasteiger partial charge in [-0.05, 0) is 54.2 Å². The number of hydrogen-bond acceptors (Lipinski definition) is 2. The Hall–Kier alpha value is -2.26. The summed E-state index contributed by atoms with van der Waals surface area (Å²) in [5, 5.41) is 13.8. The topological polar surface area (TPSA) is 49.3 Å². The monoisotopic (exact) mass is 339 g/mol. The molecule has 3 nitrogen and oxygen atoms in total. The second-order valence-corrected chi connectivity index (χ2v) is 6.97. The van der Waals surface area contributed by atoms with Crippen molar-refractivity contribution in [3.8, 4) is 0 Å². The average molecular weight is 340 g/mol. The molecule has 122 valence electrons. The Balaban J connectivity index is 1.83. The van der Waals surface area contributed by atoms with E-state index in [0.29, 0.717) is 17.4 Å². The van der Waals surface area contributed by atoms with Crippen LogP contribution in [0, 0.1) is 12.8 Å². The molecule has 2 aromatic carbocycles. The Morgan fingerprint density at radius 2 is 1.96 bits per heavy atom. The fraction of sp³-hybridized carbons (Fsp3) is 0.250. The third-order valence-electron chi connectivity index (χ3n) is 5.26. The first kappa shape index (κ1) is 15.3. The van der Waals surface area contributed by atoms with Crippen LogP contribution in [0.2, 0.25) is 5.02 Å². The van der Waals surface area contributed by atoms with Gasteiger partial charge in [0.05, 0.1) is 11.6 Å². The van der Waals surface area contributed by atoms with Crippen molar-refractivity contribution in [3.63, 3.8) is 0 Å². The van der Waals surface area contributed by atoms with Gasteiger partial charge in [-0.2, -0.15) is 0 Å². The molecule has 0 amide bonds. The molecule has 1 aliphatic carbocycles. The first-order valence-electron chi connectivity index (χ1n) is 8.11. The summed E-state index contributed by atoms with van der Waals surface area (Å²) in [6, 6.07) is 11.8. The number of fused-ring (bicyclic) bond motifs is 3. The van der Waals surface area contributed by atoms with Gasteiger partial charge in [0.15, 0.2) is 0 Å². The summed E-state index contributed by atoms with van der Waals surface area (Å²) in [7, 11) is 0. The predicted octanol–water partition coefficient (Wildman–Crippen LogP) is 5.17. The van der Waals surface area contributed by atoms with Crippen molar-refractivity contribution in [1.82, 2.24) is 0 Å². The van der Waals surface area contributed by atoms with Gasteiger partial charge in [-0.25, -0.2) is 4.79 Å². The van der Waals surface area contributed by atoms with E-state index >= 15 is 0 Å². The van der Waals surface area contributed by atoms with Gasteiger partial charge < -0.3 is 10.4 Å². The van der Waals surface area contributed by atoms with Gasteiger partial charge in [-0.15, -0.1) is 0 Å². The Labute approximate surface area is 146 Å². The second-order valence-electron chi connectivity index (χ2n) is 6.53. The minimum atomic E-state index is -0.885. The van der Waals surface area contributed by atoms with E-state index < -0.39 is 5.97 Å². The summed E-state index contributed by atoms with van der Waals surface area (Å²) in [6.07, 6.45) is 5.51. The SMILES string of the molecule is Cc1c(C(=O)O)ccc2c1N[C@@H](c1ccc(Cl)cc1)[C@H]1CC=C[C@H]21. The van der Waals surface area contributed by atoms with E-state index in [4.69, 9.17) is 11.6 Å². The lowest BCUT2D eigenvalue weighted by Crippen LogP contribution is -2.30. The normalized spacial score (nSPS) is 24.2. The number of carbonyl (C=O) groups is 1. The lowest BCUT2D eigenvalue weighted by molar-refractivity contribution is 0.0696. The number of benzene rings is 2. The van der Waals surface area contributed by atoms with E-state index in [1.807, 2.05) is 25.1 Å². The van der Waals surface area contributed by atoms with E-state index in [2.05, 4.69) is 29.6 Å². The molecule has 0 fully saturated rings. The molecule has 0 radical (unpaired) electrons. The van der Waals surface area contributed by atoms with Crippen LogP contribution in [0.25, 0.3) is 0 Å². The average Bonchev–Trinajstić information content (AvgIpc) is 3.05. The zero-order chi connectivity index (χ0) is 16.8. The van der Waals surface area contributed by atoms with Crippen LogP contribution in [-0.2, 0) is 0 Å². The Morgan fingerprint density at radius 3 is 2.67 bits per heavy atom. The standard InChI is InChI=1S/C20H18ClNO2/c1-11-14(20(23)24)9-10-17-15-3-2-4-16(15)19(22-18(11)17)12-5-7-13(21)8-6-12/h2-3,5-10,15-16,19,22H,4H2,1H3,(H,23,24)/t15-,16-,19-/m0/s1. The van der Waals surface area contributed by atoms with Crippen LogP contribution in [0.3, 0.4) is 0 Å². The molecule has 4 heteroatoms. The molecular formula is C20H18ClNO2. The molecule has 1 heterocycles. The number of halogens is 1. The van der Waals surface area contributed by atoms with Crippen molar-refractivity contribution in [3.05, 3.63) is 75.8 Å². The summed E-state index contributed by atoms with van der Waals surface area (Å²) < 4.78 is 0. The molecule has 2 aromatic rings. The number of carboxylic acid groups (broad SMARTS) is 1. The molecule has 24 heavy (non-hydrogen) atoms. The third kappa shape index (κ3) is 2.31. The van der Waals surface area contributed by atoms with E-state index in [-0.39, 0.29) is 6.04 Å². The van der Waals surface area contributed by atoms with E-state index in [1.165, 1.54) is 11.1 Å². The molecule has 0 saturated heterocycles. The van der Waals surface area contributed by atoms with Gasteiger partial charge >= 0.3 is 5.97 Å². The van der Waals surface area contributed by atoms with E-state index in [1.54, 1.807) is 6.07 Å². The molecule has 1 aliphatic heterocycles. The zero-order valence-electron chi connectivity index (χ0n) is 13.3.